The molecule has 3 heterocycles. The summed E-state index contributed by atoms with van der Waals surface area (Å²) in [6, 6.07) is 0. The molecule has 1 atom stereocenters. The maximum Gasteiger partial charge on any atom is 0.288 e. The van der Waals surface area contributed by atoms with Crippen LogP contribution in [-0.2, 0) is 16.2 Å². The van der Waals surface area contributed by atoms with E-state index in [0.717, 1.165) is 12.8 Å². The fourth-order valence-electron chi connectivity index (χ4n) is 2.82. The highest BCUT2D eigenvalue weighted by Crippen LogP contribution is 2.17. The van der Waals surface area contributed by atoms with Gasteiger partial charge in [0, 0.05) is 32.8 Å². The summed E-state index contributed by atoms with van der Waals surface area (Å²) in [5.41, 5.74) is -0.406. The highest BCUT2D eigenvalue weighted by molar-refractivity contribution is 6.41. The van der Waals surface area contributed by atoms with E-state index in [4.69, 9.17) is 27.9 Å². The lowest BCUT2D eigenvalue weighted by molar-refractivity contribution is -0.142. The minimum Gasteiger partial charge on any atom is -0.368 e. The van der Waals surface area contributed by atoms with E-state index in [1.54, 1.807) is 0 Å². The first-order valence-electron chi connectivity index (χ1n) is 7.60. The molecule has 0 spiro atoms. The zero-order valence-corrected chi connectivity index (χ0v) is 14.1. The van der Waals surface area contributed by atoms with Crippen molar-refractivity contribution in [3.63, 3.8) is 0 Å². The molecule has 3 rings (SSSR count). The molecule has 0 bridgehead atoms. The van der Waals surface area contributed by atoms with Crippen LogP contribution in [0.2, 0.25) is 10.0 Å². The molecule has 1 aromatic heterocycles. The Bertz CT molecular complexity index is 637. The third kappa shape index (κ3) is 3.68. The van der Waals surface area contributed by atoms with E-state index in [1.807, 2.05) is 4.90 Å². The second-order valence-electron chi connectivity index (χ2n) is 5.70. The van der Waals surface area contributed by atoms with Crippen LogP contribution in [0.25, 0.3) is 0 Å². The quantitative estimate of drug-likeness (QED) is 0.798. The summed E-state index contributed by atoms with van der Waals surface area (Å²) >= 11 is 11.6. The third-order valence-corrected chi connectivity index (χ3v) is 4.91. The van der Waals surface area contributed by atoms with Gasteiger partial charge in [0.25, 0.3) is 11.5 Å². The van der Waals surface area contributed by atoms with E-state index in [-0.39, 0.29) is 22.1 Å². The molecule has 0 N–H and O–H groups in total. The van der Waals surface area contributed by atoms with Gasteiger partial charge in [0.1, 0.15) is 11.1 Å². The molecule has 1 aromatic rings. The maximum atomic E-state index is 12.3. The van der Waals surface area contributed by atoms with Crippen LogP contribution in [0.4, 0.5) is 0 Å². The Morgan fingerprint density at radius 3 is 2.70 bits per heavy atom. The molecular formula is C14H18Cl2N4O3. The van der Waals surface area contributed by atoms with Crippen molar-refractivity contribution in [2.24, 2.45) is 0 Å². The van der Waals surface area contributed by atoms with Crippen LogP contribution in [-0.4, -0.2) is 64.4 Å². The number of aromatic nitrogens is 2. The first kappa shape index (κ1) is 16.7. The molecule has 2 aliphatic rings. The minimum absolute atomic E-state index is 0.0196. The van der Waals surface area contributed by atoms with Gasteiger partial charge < -0.3 is 9.64 Å². The largest absolute Gasteiger partial charge is 0.368 e. The molecule has 23 heavy (non-hydrogen) atoms. The fourth-order valence-corrected chi connectivity index (χ4v) is 3.09. The van der Waals surface area contributed by atoms with Gasteiger partial charge in [-0.1, -0.05) is 23.2 Å². The minimum atomic E-state index is -0.406. The molecule has 0 unspecified atom stereocenters. The molecule has 0 radical (unpaired) electrons. The highest BCUT2D eigenvalue weighted by Gasteiger charge is 2.30. The molecule has 0 aromatic carbocycles. The molecule has 2 fully saturated rings. The summed E-state index contributed by atoms with van der Waals surface area (Å²) in [7, 11) is 0. The van der Waals surface area contributed by atoms with Crippen molar-refractivity contribution in [1.29, 1.82) is 0 Å². The standard InChI is InChI=1S/C14H18Cl2N4O3/c15-10-8-17-20(14(22)12(10)16)9-18-3-5-19(6-4-18)13(21)11-2-1-7-23-11/h8,11H,1-7,9H2/t11-/m0/s1. The summed E-state index contributed by atoms with van der Waals surface area (Å²) in [5, 5.41) is 4.13. The number of halogens is 2. The Balaban J connectivity index is 1.56. The number of amides is 1. The number of hydrogen-bond acceptors (Lipinski definition) is 5. The van der Waals surface area contributed by atoms with E-state index in [1.165, 1.54) is 10.9 Å². The van der Waals surface area contributed by atoms with Crippen molar-refractivity contribution in [2.45, 2.75) is 25.6 Å². The summed E-state index contributed by atoms with van der Waals surface area (Å²) in [6.45, 7) is 3.59. The van der Waals surface area contributed by atoms with Gasteiger partial charge in [-0.25, -0.2) is 4.68 Å². The van der Waals surface area contributed by atoms with Crippen LogP contribution in [0.5, 0.6) is 0 Å². The van der Waals surface area contributed by atoms with Crippen LogP contribution in [0.15, 0.2) is 11.0 Å². The second kappa shape index (κ2) is 7.17. The number of hydrogen-bond donors (Lipinski definition) is 0. The number of nitrogens with zero attached hydrogens (tertiary/aromatic N) is 4. The molecular weight excluding hydrogens is 343 g/mol. The van der Waals surface area contributed by atoms with Crippen LogP contribution in [0, 0.1) is 0 Å². The monoisotopic (exact) mass is 360 g/mol. The molecule has 1 amide bonds. The smallest absolute Gasteiger partial charge is 0.288 e. The first-order chi connectivity index (χ1) is 11.1. The normalized spacial score (nSPS) is 22.5. The Labute approximate surface area is 143 Å². The predicted molar refractivity (Wildman–Crippen MR) is 85.6 cm³/mol. The SMILES string of the molecule is O=C([C@@H]1CCCO1)N1CCN(Cn2ncc(Cl)c(Cl)c2=O)CC1. The Kier molecular flexibility index (Phi) is 5.21. The molecule has 9 heteroatoms. The lowest BCUT2D eigenvalue weighted by Gasteiger charge is -2.35. The zero-order valence-electron chi connectivity index (χ0n) is 12.6. The molecule has 7 nitrogen and oxygen atoms in total. The number of ether oxygens (including phenoxy) is 1. The zero-order chi connectivity index (χ0) is 16.4. The van der Waals surface area contributed by atoms with Gasteiger partial charge in [-0.2, -0.15) is 5.10 Å². The number of carbonyl (C=O) groups is 1. The second-order valence-corrected chi connectivity index (χ2v) is 6.48. The van der Waals surface area contributed by atoms with Gasteiger partial charge in [0.15, 0.2) is 0 Å². The van der Waals surface area contributed by atoms with Gasteiger partial charge in [-0.3, -0.25) is 14.5 Å². The van der Waals surface area contributed by atoms with Gasteiger partial charge in [0.2, 0.25) is 0 Å². The number of piperazine rings is 1. The van der Waals surface area contributed by atoms with Crippen LogP contribution in [0.1, 0.15) is 12.8 Å². The van der Waals surface area contributed by atoms with E-state index >= 15 is 0 Å². The average molecular weight is 361 g/mol. The lowest BCUT2D eigenvalue weighted by atomic mass is 10.2. The first-order valence-corrected chi connectivity index (χ1v) is 8.35. The Hall–Kier alpha value is -1.15. The fraction of sp³-hybridized carbons (Fsp3) is 0.643. The summed E-state index contributed by atoms with van der Waals surface area (Å²) in [5.74, 6) is 0.0759. The van der Waals surface area contributed by atoms with Gasteiger partial charge >= 0.3 is 0 Å². The Morgan fingerprint density at radius 1 is 1.30 bits per heavy atom. The predicted octanol–water partition coefficient (Wildman–Crippen LogP) is 0.831. The van der Waals surface area contributed by atoms with E-state index < -0.39 is 5.56 Å². The molecule has 126 valence electrons. The number of rotatable bonds is 3. The summed E-state index contributed by atoms with van der Waals surface area (Å²) in [4.78, 5) is 28.2. The third-order valence-electron chi connectivity index (χ3n) is 4.17. The van der Waals surface area contributed by atoms with Crippen molar-refractivity contribution in [3.8, 4) is 0 Å². The van der Waals surface area contributed by atoms with Gasteiger partial charge in [0.05, 0.1) is 17.9 Å². The molecule has 0 aliphatic carbocycles. The molecule has 2 saturated heterocycles. The van der Waals surface area contributed by atoms with E-state index in [2.05, 4.69) is 10.00 Å². The van der Waals surface area contributed by atoms with E-state index in [0.29, 0.717) is 39.5 Å². The van der Waals surface area contributed by atoms with Crippen LogP contribution >= 0.6 is 23.2 Å². The van der Waals surface area contributed by atoms with Crippen LogP contribution in [0.3, 0.4) is 0 Å². The van der Waals surface area contributed by atoms with Gasteiger partial charge in [-0.05, 0) is 12.8 Å². The average Bonchev–Trinajstić information content (AvgIpc) is 3.10. The van der Waals surface area contributed by atoms with Crippen LogP contribution < -0.4 is 5.56 Å². The molecule has 2 aliphatic heterocycles. The lowest BCUT2D eigenvalue weighted by Crippen LogP contribution is -2.52. The summed E-state index contributed by atoms with van der Waals surface area (Å²) < 4.78 is 6.73. The highest BCUT2D eigenvalue weighted by atomic mass is 35.5. The topological polar surface area (TPSA) is 67.7 Å². The Morgan fingerprint density at radius 2 is 2.04 bits per heavy atom. The number of carbonyl (C=O) groups excluding carboxylic acids is 1. The van der Waals surface area contributed by atoms with Crippen molar-refractivity contribution in [1.82, 2.24) is 19.6 Å². The van der Waals surface area contributed by atoms with E-state index in [9.17, 15) is 9.59 Å². The molecule has 0 saturated carbocycles. The van der Waals surface area contributed by atoms with Crippen molar-refractivity contribution < 1.29 is 9.53 Å². The van der Waals surface area contributed by atoms with Crippen molar-refractivity contribution in [3.05, 3.63) is 26.6 Å². The maximum absolute atomic E-state index is 12.3. The van der Waals surface area contributed by atoms with Crippen molar-refractivity contribution >= 4 is 29.1 Å². The van der Waals surface area contributed by atoms with Crippen molar-refractivity contribution in [2.75, 3.05) is 32.8 Å². The van der Waals surface area contributed by atoms with Gasteiger partial charge in [-0.15, -0.1) is 0 Å². The summed E-state index contributed by atoms with van der Waals surface area (Å²) in [6.07, 6.45) is 2.84.